The fourth-order valence-electron chi connectivity index (χ4n) is 2.33. The van der Waals surface area contributed by atoms with Crippen LogP contribution in [0, 0.1) is 0 Å². The van der Waals surface area contributed by atoms with Gasteiger partial charge in [0.2, 0.25) is 6.79 Å². The van der Waals surface area contributed by atoms with Crippen molar-refractivity contribution in [3.63, 3.8) is 0 Å². The van der Waals surface area contributed by atoms with Crippen LogP contribution >= 0.6 is 15.9 Å². The lowest BCUT2D eigenvalue weighted by Crippen LogP contribution is -2.23. The van der Waals surface area contributed by atoms with E-state index in [0.717, 1.165) is 28.9 Å². The maximum Gasteiger partial charge on any atom is 0.231 e. The summed E-state index contributed by atoms with van der Waals surface area (Å²) in [4.78, 5) is 0. The summed E-state index contributed by atoms with van der Waals surface area (Å²) in [5.74, 6) is 1.70. The van der Waals surface area contributed by atoms with E-state index in [9.17, 15) is 0 Å². The van der Waals surface area contributed by atoms with E-state index in [-0.39, 0.29) is 0 Å². The molecular weight excluding hydrogens is 270 g/mol. The highest BCUT2D eigenvalue weighted by atomic mass is 79.9. The van der Waals surface area contributed by atoms with Crippen LogP contribution in [0.25, 0.3) is 0 Å². The molecule has 0 radical (unpaired) electrons. The minimum atomic E-state index is 0.332. The maximum absolute atomic E-state index is 5.44. The Morgan fingerprint density at radius 2 is 2.31 bits per heavy atom. The average molecular weight is 284 g/mol. The first kappa shape index (κ1) is 10.4. The van der Waals surface area contributed by atoms with Gasteiger partial charge in [-0.15, -0.1) is 0 Å². The Balaban J connectivity index is 1.84. The Morgan fingerprint density at radius 3 is 3.12 bits per heavy atom. The van der Waals surface area contributed by atoms with Gasteiger partial charge < -0.3 is 14.8 Å². The van der Waals surface area contributed by atoms with Crippen molar-refractivity contribution < 1.29 is 9.47 Å². The van der Waals surface area contributed by atoms with Gasteiger partial charge in [0.15, 0.2) is 11.5 Å². The van der Waals surface area contributed by atoms with E-state index < -0.39 is 0 Å². The summed E-state index contributed by atoms with van der Waals surface area (Å²) < 4.78 is 11.8. The first-order chi connectivity index (χ1) is 7.84. The molecule has 1 aromatic carbocycles. The Kier molecular flexibility index (Phi) is 2.77. The number of hydrogen-bond acceptors (Lipinski definition) is 3. The molecule has 2 aliphatic rings. The van der Waals surface area contributed by atoms with Crippen molar-refractivity contribution >= 4 is 15.9 Å². The van der Waals surface area contributed by atoms with Crippen molar-refractivity contribution in [2.75, 3.05) is 13.3 Å². The second-order valence-corrected chi connectivity index (χ2v) is 5.06. The zero-order valence-corrected chi connectivity index (χ0v) is 10.5. The molecular formula is C12H14BrNO2. The van der Waals surface area contributed by atoms with Crippen molar-refractivity contribution in [2.24, 2.45) is 0 Å². The van der Waals surface area contributed by atoms with E-state index >= 15 is 0 Å². The molecule has 0 spiro atoms. The van der Waals surface area contributed by atoms with Crippen LogP contribution in [0.3, 0.4) is 0 Å². The predicted octanol–water partition coefficient (Wildman–Crippen LogP) is 2.47. The minimum Gasteiger partial charge on any atom is -0.454 e. The largest absolute Gasteiger partial charge is 0.454 e. The van der Waals surface area contributed by atoms with Crippen LogP contribution in [0.15, 0.2) is 16.6 Å². The Labute approximate surface area is 103 Å². The molecule has 1 saturated heterocycles. The normalized spacial score (nSPS) is 22.7. The Hall–Kier alpha value is -0.740. The molecule has 1 aromatic rings. The van der Waals surface area contributed by atoms with Crippen molar-refractivity contribution in [3.8, 4) is 11.5 Å². The van der Waals surface area contributed by atoms with Crippen molar-refractivity contribution in [3.05, 3.63) is 22.2 Å². The number of benzene rings is 1. The molecule has 1 N–H and O–H groups in total. The van der Waals surface area contributed by atoms with Gasteiger partial charge in [0, 0.05) is 6.04 Å². The molecule has 0 amide bonds. The molecule has 4 heteroatoms. The van der Waals surface area contributed by atoms with Gasteiger partial charge in [-0.2, -0.15) is 0 Å². The molecule has 0 aliphatic carbocycles. The number of hydrogen-bond donors (Lipinski definition) is 1. The third kappa shape index (κ3) is 1.80. The summed E-state index contributed by atoms with van der Waals surface area (Å²) in [6, 6.07) is 4.73. The molecule has 3 nitrogen and oxygen atoms in total. The highest BCUT2D eigenvalue weighted by molar-refractivity contribution is 9.10. The number of nitrogens with one attached hydrogen (secondary N) is 1. The van der Waals surface area contributed by atoms with E-state index in [1.165, 1.54) is 18.4 Å². The monoisotopic (exact) mass is 283 g/mol. The summed E-state index contributed by atoms with van der Waals surface area (Å²) >= 11 is 3.61. The number of ether oxygens (including phenoxy) is 2. The lowest BCUT2D eigenvalue weighted by atomic mass is 10.0. The fraction of sp³-hybridized carbons (Fsp3) is 0.500. The molecule has 0 bridgehead atoms. The van der Waals surface area contributed by atoms with Gasteiger partial charge in [0.05, 0.1) is 4.47 Å². The van der Waals surface area contributed by atoms with Crippen LogP contribution in [-0.2, 0) is 6.42 Å². The van der Waals surface area contributed by atoms with E-state index in [1.54, 1.807) is 0 Å². The standard InChI is InChI=1S/C12H14BrNO2/c13-11-8(6-9-2-1-5-14-9)3-4-10-12(11)16-7-15-10/h3-4,9,14H,1-2,5-7H2. The zero-order chi connectivity index (χ0) is 11.0. The van der Waals surface area contributed by atoms with Gasteiger partial charge in [-0.1, -0.05) is 6.07 Å². The Bertz CT molecular complexity index is 402. The summed E-state index contributed by atoms with van der Waals surface area (Å²) in [7, 11) is 0. The quantitative estimate of drug-likeness (QED) is 0.905. The van der Waals surface area contributed by atoms with Crippen molar-refractivity contribution in [2.45, 2.75) is 25.3 Å². The van der Waals surface area contributed by atoms with Crippen LogP contribution in [0.4, 0.5) is 0 Å². The lowest BCUT2D eigenvalue weighted by molar-refractivity contribution is 0.173. The first-order valence-electron chi connectivity index (χ1n) is 5.65. The van der Waals surface area contributed by atoms with Crippen molar-refractivity contribution in [1.82, 2.24) is 5.32 Å². The van der Waals surface area contributed by atoms with Gasteiger partial charge in [-0.05, 0) is 53.4 Å². The molecule has 16 heavy (non-hydrogen) atoms. The third-order valence-electron chi connectivity index (χ3n) is 3.19. The van der Waals surface area contributed by atoms with Crippen molar-refractivity contribution in [1.29, 1.82) is 0 Å². The third-order valence-corrected chi connectivity index (χ3v) is 4.06. The zero-order valence-electron chi connectivity index (χ0n) is 8.96. The van der Waals surface area contributed by atoms with Gasteiger partial charge in [0.25, 0.3) is 0 Å². The van der Waals surface area contributed by atoms with E-state index in [4.69, 9.17) is 9.47 Å². The predicted molar refractivity (Wildman–Crippen MR) is 65.0 cm³/mol. The van der Waals surface area contributed by atoms with Gasteiger partial charge in [-0.3, -0.25) is 0 Å². The van der Waals surface area contributed by atoms with E-state index in [1.807, 2.05) is 6.07 Å². The molecule has 2 aliphatic heterocycles. The van der Waals surface area contributed by atoms with Crippen LogP contribution < -0.4 is 14.8 Å². The van der Waals surface area contributed by atoms with E-state index in [2.05, 4.69) is 27.3 Å². The summed E-state index contributed by atoms with van der Waals surface area (Å²) in [5.41, 5.74) is 1.30. The van der Waals surface area contributed by atoms with Gasteiger partial charge in [-0.25, -0.2) is 0 Å². The van der Waals surface area contributed by atoms with Gasteiger partial charge >= 0.3 is 0 Å². The van der Waals surface area contributed by atoms with Gasteiger partial charge in [0.1, 0.15) is 0 Å². The topological polar surface area (TPSA) is 30.5 Å². The molecule has 2 heterocycles. The summed E-state index contributed by atoms with van der Waals surface area (Å²) in [6.45, 7) is 1.48. The molecule has 0 saturated carbocycles. The minimum absolute atomic E-state index is 0.332. The number of rotatable bonds is 2. The van der Waals surface area contributed by atoms with Crippen LogP contribution in [-0.4, -0.2) is 19.4 Å². The lowest BCUT2D eigenvalue weighted by Gasteiger charge is -2.12. The second kappa shape index (κ2) is 4.26. The first-order valence-corrected chi connectivity index (χ1v) is 6.44. The van der Waals surface area contributed by atoms with Crippen LogP contribution in [0.1, 0.15) is 18.4 Å². The van der Waals surface area contributed by atoms with Crippen LogP contribution in [0.5, 0.6) is 11.5 Å². The molecule has 0 aromatic heterocycles. The number of fused-ring (bicyclic) bond motifs is 1. The highest BCUT2D eigenvalue weighted by Gasteiger charge is 2.22. The van der Waals surface area contributed by atoms with Crippen LogP contribution in [0.2, 0.25) is 0 Å². The second-order valence-electron chi connectivity index (χ2n) is 4.27. The molecule has 1 fully saturated rings. The summed E-state index contributed by atoms with van der Waals surface area (Å²) in [6.07, 6.45) is 3.60. The summed E-state index contributed by atoms with van der Waals surface area (Å²) in [5, 5.41) is 3.51. The highest BCUT2D eigenvalue weighted by Crippen LogP contribution is 2.41. The molecule has 1 unspecified atom stereocenters. The number of halogens is 1. The molecule has 1 atom stereocenters. The fourth-order valence-corrected chi connectivity index (χ4v) is 2.94. The Morgan fingerprint density at radius 1 is 1.38 bits per heavy atom. The maximum atomic E-state index is 5.44. The average Bonchev–Trinajstić information content (AvgIpc) is 2.93. The smallest absolute Gasteiger partial charge is 0.231 e. The molecule has 86 valence electrons. The molecule has 3 rings (SSSR count). The SMILES string of the molecule is Brc1c(CC2CCCN2)ccc2c1OCO2. The van der Waals surface area contributed by atoms with E-state index in [0.29, 0.717) is 12.8 Å².